The third-order valence-electron chi connectivity index (χ3n) is 4.33. The molecule has 0 spiro atoms. The molecule has 7 nitrogen and oxygen atoms in total. The summed E-state index contributed by atoms with van der Waals surface area (Å²) in [5.74, 6) is 0.550. The van der Waals surface area contributed by atoms with Crippen LogP contribution >= 0.6 is 0 Å². The number of carbonyl (C=O) groups excluding carboxylic acids is 1. The van der Waals surface area contributed by atoms with Crippen LogP contribution in [-0.4, -0.2) is 43.5 Å². The second kappa shape index (κ2) is 9.68. The van der Waals surface area contributed by atoms with Crippen LogP contribution in [0.1, 0.15) is 11.6 Å². The highest BCUT2D eigenvalue weighted by atomic mass is 16.5. The van der Waals surface area contributed by atoms with Gasteiger partial charge in [-0.2, -0.15) is 5.10 Å². The molecule has 3 N–H and O–H groups in total. The summed E-state index contributed by atoms with van der Waals surface area (Å²) in [6.07, 6.45) is 3.58. The number of ether oxygens (including phenoxy) is 2. The topological polar surface area (TPSA) is 88.3 Å². The Morgan fingerprint density at radius 3 is 2.64 bits per heavy atom. The maximum atomic E-state index is 13.0. The van der Waals surface area contributed by atoms with E-state index in [-0.39, 0.29) is 5.91 Å². The Bertz CT molecular complexity index is 879. The lowest BCUT2D eigenvalue weighted by Gasteiger charge is -2.19. The number of H-pyrrole nitrogens is 1. The summed E-state index contributed by atoms with van der Waals surface area (Å²) >= 11 is 0. The number of aromatic nitrogens is 2. The molecule has 7 heteroatoms. The number of benzene rings is 2. The summed E-state index contributed by atoms with van der Waals surface area (Å²) in [6.45, 7) is 1.05. The number of amides is 1. The van der Waals surface area contributed by atoms with Crippen molar-refractivity contribution < 1.29 is 14.3 Å². The molecule has 1 amide bonds. The summed E-state index contributed by atoms with van der Waals surface area (Å²) in [7, 11) is 3.23. The first-order chi connectivity index (χ1) is 13.7. The maximum Gasteiger partial charge on any atom is 0.246 e. The highest BCUT2D eigenvalue weighted by molar-refractivity contribution is 5.95. The average Bonchev–Trinajstić information content (AvgIpc) is 3.26. The van der Waals surface area contributed by atoms with Crippen molar-refractivity contribution in [2.45, 2.75) is 6.04 Å². The van der Waals surface area contributed by atoms with E-state index < -0.39 is 6.04 Å². The number of rotatable bonds is 9. The number of hydrogen-bond donors (Lipinski definition) is 3. The quantitative estimate of drug-likeness (QED) is 0.497. The Hall–Kier alpha value is -3.16. The minimum atomic E-state index is -0.529. The molecule has 28 heavy (non-hydrogen) atoms. The van der Waals surface area contributed by atoms with Gasteiger partial charge in [-0.3, -0.25) is 15.2 Å². The molecule has 0 bridgehead atoms. The number of hydrogen-bond acceptors (Lipinski definition) is 5. The van der Waals surface area contributed by atoms with Crippen molar-refractivity contribution in [2.75, 3.05) is 32.7 Å². The van der Waals surface area contributed by atoms with Crippen LogP contribution in [0, 0.1) is 0 Å². The van der Waals surface area contributed by atoms with Gasteiger partial charge in [0.1, 0.15) is 11.8 Å². The molecular weight excluding hydrogens is 356 g/mol. The number of nitrogens with zero attached hydrogens (tertiary/aromatic N) is 1. The third kappa shape index (κ3) is 4.97. The zero-order valence-electron chi connectivity index (χ0n) is 15.9. The van der Waals surface area contributed by atoms with E-state index in [1.165, 1.54) is 0 Å². The number of carbonyl (C=O) groups is 1. The largest absolute Gasteiger partial charge is 0.497 e. The van der Waals surface area contributed by atoms with E-state index in [0.29, 0.717) is 18.9 Å². The fourth-order valence-corrected chi connectivity index (χ4v) is 2.86. The van der Waals surface area contributed by atoms with E-state index in [9.17, 15) is 4.79 Å². The molecule has 0 saturated heterocycles. The summed E-state index contributed by atoms with van der Waals surface area (Å²) in [5, 5.41) is 13.0. The van der Waals surface area contributed by atoms with E-state index in [1.54, 1.807) is 20.4 Å². The molecule has 0 aliphatic heterocycles. The van der Waals surface area contributed by atoms with Crippen LogP contribution in [0.2, 0.25) is 0 Å². The maximum absolute atomic E-state index is 13.0. The van der Waals surface area contributed by atoms with Crippen LogP contribution in [0.15, 0.2) is 60.9 Å². The molecule has 0 radical (unpaired) electrons. The van der Waals surface area contributed by atoms with Gasteiger partial charge in [0.15, 0.2) is 0 Å². The van der Waals surface area contributed by atoms with Gasteiger partial charge in [-0.25, -0.2) is 0 Å². The fourth-order valence-electron chi connectivity index (χ4n) is 2.86. The molecule has 0 aliphatic rings. The highest BCUT2D eigenvalue weighted by Gasteiger charge is 2.20. The van der Waals surface area contributed by atoms with Crippen molar-refractivity contribution in [2.24, 2.45) is 0 Å². The van der Waals surface area contributed by atoms with Gasteiger partial charge >= 0.3 is 0 Å². The molecule has 1 aromatic heterocycles. The van der Waals surface area contributed by atoms with E-state index >= 15 is 0 Å². The van der Waals surface area contributed by atoms with E-state index in [0.717, 1.165) is 22.4 Å². The van der Waals surface area contributed by atoms with E-state index in [1.807, 2.05) is 54.7 Å². The molecule has 2 aromatic carbocycles. The van der Waals surface area contributed by atoms with Crippen molar-refractivity contribution in [3.63, 3.8) is 0 Å². The van der Waals surface area contributed by atoms with Gasteiger partial charge in [0, 0.05) is 31.1 Å². The Morgan fingerprint density at radius 1 is 1.14 bits per heavy atom. The van der Waals surface area contributed by atoms with E-state index in [2.05, 4.69) is 20.8 Å². The second-order valence-corrected chi connectivity index (χ2v) is 6.21. The lowest BCUT2D eigenvalue weighted by Crippen LogP contribution is -2.34. The average molecular weight is 380 g/mol. The minimum Gasteiger partial charge on any atom is -0.497 e. The molecular formula is C21H24N4O3. The number of methoxy groups -OCH3 is 2. The Morgan fingerprint density at radius 2 is 1.96 bits per heavy atom. The van der Waals surface area contributed by atoms with Crippen molar-refractivity contribution in [3.8, 4) is 16.9 Å². The van der Waals surface area contributed by atoms with Crippen LogP contribution in [0.3, 0.4) is 0 Å². The summed E-state index contributed by atoms with van der Waals surface area (Å²) in [5.41, 5.74) is 3.56. The number of anilines is 1. The van der Waals surface area contributed by atoms with Crippen molar-refractivity contribution >= 4 is 11.6 Å². The highest BCUT2D eigenvalue weighted by Crippen LogP contribution is 2.23. The number of aromatic amines is 1. The van der Waals surface area contributed by atoms with Gasteiger partial charge in [-0.05, 0) is 35.4 Å². The lowest BCUT2D eigenvalue weighted by molar-refractivity contribution is -0.118. The minimum absolute atomic E-state index is 0.152. The van der Waals surface area contributed by atoms with Crippen LogP contribution in [-0.2, 0) is 9.53 Å². The van der Waals surface area contributed by atoms with Gasteiger partial charge in [0.2, 0.25) is 5.91 Å². The van der Waals surface area contributed by atoms with Gasteiger partial charge in [-0.15, -0.1) is 0 Å². The molecule has 0 fully saturated rings. The van der Waals surface area contributed by atoms with Crippen molar-refractivity contribution in [3.05, 3.63) is 66.5 Å². The molecule has 0 unspecified atom stereocenters. The lowest BCUT2D eigenvalue weighted by atomic mass is 10.0. The first-order valence-electron chi connectivity index (χ1n) is 8.97. The Kier molecular flexibility index (Phi) is 6.78. The SMILES string of the molecule is COCCN[C@@H](C(=O)Nc1ccc(-c2cn[nH]c2)cc1)c1cccc(OC)c1. The Labute approximate surface area is 164 Å². The van der Waals surface area contributed by atoms with Gasteiger partial charge in [-0.1, -0.05) is 24.3 Å². The molecule has 1 atom stereocenters. The molecule has 3 aromatic rings. The molecule has 146 valence electrons. The molecule has 3 rings (SSSR count). The van der Waals surface area contributed by atoms with Crippen LogP contribution in [0.4, 0.5) is 5.69 Å². The zero-order valence-corrected chi connectivity index (χ0v) is 15.9. The summed E-state index contributed by atoms with van der Waals surface area (Å²) in [4.78, 5) is 13.0. The molecule has 0 aliphatic carbocycles. The normalized spacial score (nSPS) is 11.8. The van der Waals surface area contributed by atoms with Crippen LogP contribution < -0.4 is 15.4 Å². The summed E-state index contributed by atoms with van der Waals surface area (Å²) < 4.78 is 10.4. The second-order valence-electron chi connectivity index (χ2n) is 6.21. The van der Waals surface area contributed by atoms with Crippen molar-refractivity contribution in [1.29, 1.82) is 0 Å². The first kappa shape index (κ1) is 19.6. The zero-order chi connectivity index (χ0) is 19.8. The third-order valence-corrected chi connectivity index (χ3v) is 4.33. The van der Waals surface area contributed by atoms with Gasteiger partial charge < -0.3 is 14.8 Å². The monoisotopic (exact) mass is 380 g/mol. The molecule has 1 heterocycles. The smallest absolute Gasteiger partial charge is 0.246 e. The van der Waals surface area contributed by atoms with E-state index in [4.69, 9.17) is 9.47 Å². The van der Waals surface area contributed by atoms with Crippen LogP contribution in [0.5, 0.6) is 5.75 Å². The molecule has 0 saturated carbocycles. The van der Waals surface area contributed by atoms with Gasteiger partial charge in [0.25, 0.3) is 0 Å². The standard InChI is InChI=1S/C21H24N4O3/c1-27-11-10-22-20(16-4-3-5-19(12-16)28-2)21(26)25-18-8-6-15(7-9-18)17-13-23-24-14-17/h3-9,12-14,20,22H,10-11H2,1-2H3,(H,23,24)(H,25,26)/t20-/m1/s1. The van der Waals surface area contributed by atoms with Gasteiger partial charge in [0.05, 0.1) is 19.9 Å². The first-order valence-corrected chi connectivity index (χ1v) is 8.97. The number of nitrogens with one attached hydrogen (secondary N) is 3. The fraction of sp³-hybridized carbons (Fsp3) is 0.238. The predicted octanol–water partition coefficient (Wildman–Crippen LogP) is 3.00. The van der Waals surface area contributed by atoms with Crippen LogP contribution in [0.25, 0.3) is 11.1 Å². The predicted molar refractivity (Wildman–Crippen MR) is 108 cm³/mol. The van der Waals surface area contributed by atoms with Crippen molar-refractivity contribution in [1.82, 2.24) is 15.5 Å². The summed E-state index contributed by atoms with van der Waals surface area (Å²) in [6, 6.07) is 14.6. The Balaban J connectivity index is 1.74.